The van der Waals surface area contributed by atoms with Crippen LogP contribution in [0, 0.1) is 17.8 Å². The number of hydrogen-bond donors (Lipinski definition) is 0. The van der Waals surface area contributed by atoms with Crippen LogP contribution in [0.2, 0.25) is 0 Å². The Morgan fingerprint density at radius 3 is 2.54 bits per heavy atom. The quantitative estimate of drug-likeness (QED) is 0.495. The van der Waals surface area contributed by atoms with Gasteiger partial charge in [0, 0.05) is 0 Å². The minimum absolute atomic E-state index is 0.0301. The SMILES string of the molecule is CCOC(=O)C1C(C)C1C=C(C)C. The molecule has 0 amide bonds. The lowest BCUT2D eigenvalue weighted by Crippen LogP contribution is -2.07. The average Bonchev–Trinajstić information content (AvgIpc) is 2.61. The molecule has 1 aliphatic carbocycles. The van der Waals surface area contributed by atoms with E-state index < -0.39 is 0 Å². The number of carbonyl (C=O) groups excluding carboxylic acids is 1. The molecule has 74 valence electrons. The van der Waals surface area contributed by atoms with E-state index in [0.717, 1.165) is 0 Å². The molecule has 0 heterocycles. The summed E-state index contributed by atoms with van der Waals surface area (Å²) in [6.45, 7) is 8.57. The number of hydrogen-bond acceptors (Lipinski definition) is 2. The van der Waals surface area contributed by atoms with Crippen LogP contribution in [-0.4, -0.2) is 12.6 Å². The molecule has 0 radical (unpaired) electrons. The summed E-state index contributed by atoms with van der Waals surface area (Å²) in [4.78, 5) is 11.4. The second-order valence-electron chi connectivity index (χ2n) is 3.96. The molecule has 1 aliphatic rings. The van der Waals surface area contributed by atoms with Crippen molar-refractivity contribution in [3.63, 3.8) is 0 Å². The Balaban J connectivity index is 2.48. The van der Waals surface area contributed by atoms with Gasteiger partial charge in [-0.25, -0.2) is 0 Å². The van der Waals surface area contributed by atoms with E-state index in [4.69, 9.17) is 4.74 Å². The van der Waals surface area contributed by atoms with Crippen LogP contribution in [-0.2, 0) is 9.53 Å². The van der Waals surface area contributed by atoms with Crippen molar-refractivity contribution >= 4 is 5.97 Å². The van der Waals surface area contributed by atoms with Crippen LogP contribution in [0.1, 0.15) is 27.7 Å². The van der Waals surface area contributed by atoms with Gasteiger partial charge in [-0.1, -0.05) is 18.6 Å². The smallest absolute Gasteiger partial charge is 0.309 e. The highest BCUT2D eigenvalue weighted by Crippen LogP contribution is 2.48. The van der Waals surface area contributed by atoms with Crippen LogP contribution < -0.4 is 0 Å². The van der Waals surface area contributed by atoms with Crippen LogP contribution in [0.25, 0.3) is 0 Å². The fourth-order valence-electron chi connectivity index (χ4n) is 1.74. The molecule has 0 bridgehead atoms. The fraction of sp³-hybridized carbons (Fsp3) is 0.727. The maximum Gasteiger partial charge on any atom is 0.309 e. The first-order valence-corrected chi connectivity index (χ1v) is 4.89. The van der Waals surface area contributed by atoms with Crippen molar-refractivity contribution in [3.8, 4) is 0 Å². The molecule has 13 heavy (non-hydrogen) atoms. The summed E-state index contributed by atoms with van der Waals surface area (Å²) in [5.41, 5.74) is 1.28. The van der Waals surface area contributed by atoms with Gasteiger partial charge < -0.3 is 4.74 Å². The van der Waals surface area contributed by atoms with Gasteiger partial charge in [0.1, 0.15) is 0 Å². The van der Waals surface area contributed by atoms with E-state index in [9.17, 15) is 4.79 Å². The van der Waals surface area contributed by atoms with Crippen LogP contribution in [0.4, 0.5) is 0 Å². The summed E-state index contributed by atoms with van der Waals surface area (Å²) in [7, 11) is 0. The molecule has 1 fully saturated rings. The van der Waals surface area contributed by atoms with E-state index in [0.29, 0.717) is 18.4 Å². The molecule has 1 saturated carbocycles. The lowest BCUT2D eigenvalue weighted by atomic mass is 10.2. The topological polar surface area (TPSA) is 26.3 Å². The van der Waals surface area contributed by atoms with Crippen molar-refractivity contribution in [1.82, 2.24) is 0 Å². The second-order valence-corrected chi connectivity index (χ2v) is 3.96. The van der Waals surface area contributed by atoms with Gasteiger partial charge >= 0.3 is 5.97 Å². The molecule has 2 nitrogen and oxygen atoms in total. The molecule has 3 unspecified atom stereocenters. The summed E-state index contributed by atoms with van der Waals surface area (Å²) in [6, 6.07) is 0. The summed E-state index contributed by atoms with van der Waals surface area (Å²) < 4.78 is 4.98. The van der Waals surface area contributed by atoms with Crippen LogP contribution >= 0.6 is 0 Å². The van der Waals surface area contributed by atoms with Crippen LogP contribution in [0.15, 0.2) is 11.6 Å². The van der Waals surface area contributed by atoms with Crippen molar-refractivity contribution in [2.75, 3.05) is 6.61 Å². The van der Waals surface area contributed by atoms with E-state index >= 15 is 0 Å². The second kappa shape index (κ2) is 3.95. The molecule has 0 aromatic rings. The maximum atomic E-state index is 11.4. The highest BCUT2D eigenvalue weighted by molar-refractivity contribution is 5.77. The molecule has 0 spiro atoms. The molecular formula is C11H18O2. The Bertz CT molecular complexity index is 226. The van der Waals surface area contributed by atoms with Crippen molar-refractivity contribution in [1.29, 1.82) is 0 Å². The zero-order valence-corrected chi connectivity index (χ0v) is 8.83. The predicted octanol–water partition coefficient (Wildman–Crippen LogP) is 2.40. The minimum Gasteiger partial charge on any atom is -0.466 e. The van der Waals surface area contributed by atoms with Gasteiger partial charge in [-0.05, 0) is 32.6 Å². The Labute approximate surface area is 80.0 Å². The van der Waals surface area contributed by atoms with Gasteiger partial charge in [0.25, 0.3) is 0 Å². The molecule has 0 N–H and O–H groups in total. The first-order valence-electron chi connectivity index (χ1n) is 4.89. The summed E-state index contributed by atoms with van der Waals surface area (Å²) in [6.07, 6.45) is 2.17. The van der Waals surface area contributed by atoms with E-state index in [1.54, 1.807) is 0 Å². The van der Waals surface area contributed by atoms with E-state index in [1.807, 2.05) is 6.92 Å². The normalized spacial score (nSPS) is 30.9. The standard InChI is InChI=1S/C11H18O2/c1-5-13-11(12)10-8(4)9(10)6-7(2)3/h6,8-10H,5H2,1-4H3. The van der Waals surface area contributed by atoms with Crippen molar-refractivity contribution in [3.05, 3.63) is 11.6 Å². The van der Waals surface area contributed by atoms with E-state index in [1.165, 1.54) is 5.57 Å². The summed E-state index contributed by atoms with van der Waals surface area (Å²) >= 11 is 0. The molecule has 0 aromatic carbocycles. The molecular weight excluding hydrogens is 164 g/mol. The molecule has 0 aromatic heterocycles. The number of esters is 1. The highest BCUT2D eigenvalue weighted by Gasteiger charge is 2.51. The molecule has 3 atom stereocenters. The Morgan fingerprint density at radius 1 is 1.46 bits per heavy atom. The maximum absolute atomic E-state index is 11.4. The Morgan fingerprint density at radius 2 is 2.08 bits per heavy atom. The minimum atomic E-state index is -0.0301. The van der Waals surface area contributed by atoms with Gasteiger partial charge in [-0.3, -0.25) is 4.79 Å². The summed E-state index contributed by atoms with van der Waals surface area (Å²) in [5.74, 6) is 0.977. The molecule has 0 saturated heterocycles. The van der Waals surface area contributed by atoms with Crippen LogP contribution in [0.5, 0.6) is 0 Å². The first-order chi connectivity index (χ1) is 6.07. The van der Waals surface area contributed by atoms with Crippen molar-refractivity contribution in [2.45, 2.75) is 27.7 Å². The van der Waals surface area contributed by atoms with Gasteiger partial charge in [0.2, 0.25) is 0 Å². The molecule has 2 heteroatoms. The fourth-order valence-corrected chi connectivity index (χ4v) is 1.74. The lowest BCUT2D eigenvalue weighted by molar-refractivity contribution is -0.145. The van der Waals surface area contributed by atoms with E-state index in [-0.39, 0.29) is 11.9 Å². The van der Waals surface area contributed by atoms with Gasteiger partial charge in [-0.2, -0.15) is 0 Å². The third kappa shape index (κ3) is 2.33. The number of carbonyl (C=O) groups is 1. The molecule has 1 rings (SSSR count). The Kier molecular flexibility index (Phi) is 3.12. The lowest BCUT2D eigenvalue weighted by Gasteiger charge is -1.98. The molecule has 0 aliphatic heterocycles. The number of allylic oxidation sites excluding steroid dienone is 2. The Hall–Kier alpha value is -0.790. The van der Waals surface area contributed by atoms with Gasteiger partial charge in [-0.15, -0.1) is 0 Å². The third-order valence-corrected chi connectivity index (χ3v) is 2.53. The van der Waals surface area contributed by atoms with Gasteiger partial charge in [0.05, 0.1) is 12.5 Å². The van der Waals surface area contributed by atoms with E-state index in [2.05, 4.69) is 26.8 Å². The zero-order chi connectivity index (χ0) is 10.0. The van der Waals surface area contributed by atoms with Gasteiger partial charge in [0.15, 0.2) is 0 Å². The van der Waals surface area contributed by atoms with Crippen molar-refractivity contribution in [2.24, 2.45) is 17.8 Å². The monoisotopic (exact) mass is 182 g/mol. The highest BCUT2D eigenvalue weighted by atomic mass is 16.5. The largest absolute Gasteiger partial charge is 0.466 e. The predicted molar refractivity (Wildman–Crippen MR) is 52.2 cm³/mol. The first kappa shape index (κ1) is 10.3. The van der Waals surface area contributed by atoms with Crippen molar-refractivity contribution < 1.29 is 9.53 Å². The number of rotatable bonds is 3. The average molecular weight is 182 g/mol. The number of ether oxygens (including phenoxy) is 1. The summed E-state index contributed by atoms with van der Waals surface area (Å²) in [5, 5.41) is 0. The van der Waals surface area contributed by atoms with Crippen LogP contribution in [0.3, 0.4) is 0 Å². The third-order valence-electron chi connectivity index (χ3n) is 2.53. The zero-order valence-electron chi connectivity index (χ0n) is 8.83.